The van der Waals surface area contributed by atoms with Gasteiger partial charge in [0.25, 0.3) is 0 Å². The van der Waals surface area contributed by atoms with Crippen LogP contribution in [0, 0.1) is 0 Å². The molecule has 3 heteroatoms. The molecule has 0 saturated carbocycles. The lowest BCUT2D eigenvalue weighted by atomic mass is 10.1. The van der Waals surface area contributed by atoms with Crippen LogP contribution < -0.4 is 0 Å². The second kappa shape index (κ2) is 9.61. The zero-order valence-corrected chi connectivity index (χ0v) is 11.7. The minimum Gasteiger partial charge on any atom is -0.396 e. The summed E-state index contributed by atoms with van der Waals surface area (Å²) >= 11 is 3.67. The predicted octanol–water partition coefficient (Wildman–Crippen LogP) is 3.86. The molecule has 0 fully saturated rings. The van der Waals surface area contributed by atoms with Gasteiger partial charge in [-0.3, -0.25) is 0 Å². The summed E-state index contributed by atoms with van der Waals surface area (Å²) in [6.07, 6.45) is 7.50. The average molecular weight is 281 g/mol. The zero-order valence-electron chi connectivity index (χ0n) is 10.1. The second-order valence-electron chi connectivity index (χ2n) is 3.97. The first-order valence-electron chi connectivity index (χ1n) is 6.12. The fraction of sp³-hybridized carbons (Fsp3) is 1.00. The Labute approximate surface area is 103 Å². The molecule has 0 aliphatic heterocycles. The van der Waals surface area contributed by atoms with Gasteiger partial charge in [-0.2, -0.15) is 0 Å². The van der Waals surface area contributed by atoms with Crippen LogP contribution in [-0.2, 0) is 4.74 Å². The normalized spacial score (nSPS) is 15.2. The smallest absolute Gasteiger partial charge is 0.122 e. The van der Waals surface area contributed by atoms with E-state index >= 15 is 0 Å². The predicted molar refractivity (Wildman–Crippen MR) is 68.4 cm³/mol. The van der Waals surface area contributed by atoms with Gasteiger partial charge in [-0.1, -0.05) is 49.0 Å². The monoisotopic (exact) mass is 280 g/mol. The molecule has 0 radical (unpaired) electrons. The van der Waals surface area contributed by atoms with Crippen LogP contribution in [0.4, 0.5) is 0 Å². The van der Waals surface area contributed by atoms with Crippen molar-refractivity contribution in [1.82, 2.24) is 0 Å². The van der Waals surface area contributed by atoms with E-state index in [4.69, 9.17) is 9.84 Å². The van der Waals surface area contributed by atoms with Gasteiger partial charge in [0.1, 0.15) is 4.51 Å². The molecule has 0 aromatic carbocycles. The van der Waals surface area contributed by atoms with Gasteiger partial charge < -0.3 is 9.84 Å². The van der Waals surface area contributed by atoms with Crippen LogP contribution in [0.1, 0.15) is 58.8 Å². The highest BCUT2D eigenvalue weighted by atomic mass is 79.9. The lowest BCUT2D eigenvalue weighted by Gasteiger charge is -2.26. The van der Waals surface area contributed by atoms with E-state index in [1.165, 1.54) is 0 Å². The van der Waals surface area contributed by atoms with Gasteiger partial charge >= 0.3 is 0 Å². The van der Waals surface area contributed by atoms with Crippen molar-refractivity contribution in [3.63, 3.8) is 0 Å². The summed E-state index contributed by atoms with van der Waals surface area (Å²) in [6.45, 7) is 5.46. The molecule has 0 bridgehead atoms. The Morgan fingerprint density at radius 2 is 1.80 bits per heavy atom. The van der Waals surface area contributed by atoms with Crippen molar-refractivity contribution in [2.24, 2.45) is 0 Å². The van der Waals surface area contributed by atoms with Crippen molar-refractivity contribution in [1.29, 1.82) is 0 Å². The van der Waals surface area contributed by atoms with E-state index in [0.29, 0.717) is 6.61 Å². The number of ether oxygens (including phenoxy) is 1. The maximum absolute atomic E-state index is 8.62. The highest BCUT2D eigenvalue weighted by Gasteiger charge is 2.23. The van der Waals surface area contributed by atoms with Crippen molar-refractivity contribution < 1.29 is 9.84 Å². The first kappa shape index (κ1) is 15.4. The Kier molecular flexibility index (Phi) is 9.87. The van der Waals surface area contributed by atoms with E-state index in [0.717, 1.165) is 51.6 Å². The van der Waals surface area contributed by atoms with Gasteiger partial charge in [-0.25, -0.2) is 0 Å². The van der Waals surface area contributed by atoms with Crippen molar-refractivity contribution in [3.8, 4) is 0 Å². The number of halogens is 1. The first-order chi connectivity index (χ1) is 7.18. The van der Waals surface area contributed by atoms with E-state index in [-0.39, 0.29) is 4.51 Å². The molecule has 1 unspecified atom stereocenters. The number of unbranched alkanes of at least 4 members (excludes halogenated alkanes) is 3. The van der Waals surface area contributed by atoms with Gasteiger partial charge in [-0.15, -0.1) is 0 Å². The molecule has 15 heavy (non-hydrogen) atoms. The van der Waals surface area contributed by atoms with Crippen LogP contribution >= 0.6 is 15.9 Å². The molecular weight excluding hydrogens is 256 g/mol. The molecule has 1 atom stereocenters. The summed E-state index contributed by atoms with van der Waals surface area (Å²) in [6, 6.07) is 0. The number of hydrogen-bond acceptors (Lipinski definition) is 2. The second-order valence-corrected chi connectivity index (χ2v) is 5.42. The van der Waals surface area contributed by atoms with E-state index in [9.17, 15) is 0 Å². The Hall–Kier alpha value is 0.400. The molecule has 0 aliphatic carbocycles. The maximum Gasteiger partial charge on any atom is 0.122 e. The topological polar surface area (TPSA) is 29.5 Å². The van der Waals surface area contributed by atoms with Crippen molar-refractivity contribution >= 4 is 15.9 Å². The van der Waals surface area contributed by atoms with Gasteiger partial charge in [0, 0.05) is 13.2 Å². The van der Waals surface area contributed by atoms with E-state index in [2.05, 4.69) is 29.8 Å². The first-order valence-corrected chi connectivity index (χ1v) is 6.91. The van der Waals surface area contributed by atoms with Crippen LogP contribution in [0.15, 0.2) is 0 Å². The molecule has 0 spiro atoms. The molecule has 1 N–H and O–H groups in total. The lowest BCUT2D eigenvalue weighted by molar-refractivity contribution is 0.0199. The Balaban J connectivity index is 3.46. The van der Waals surface area contributed by atoms with Gasteiger partial charge in [0.15, 0.2) is 0 Å². The maximum atomic E-state index is 8.62. The van der Waals surface area contributed by atoms with Crippen LogP contribution in [0.25, 0.3) is 0 Å². The summed E-state index contributed by atoms with van der Waals surface area (Å²) in [5.41, 5.74) is 0. The SMILES string of the molecule is CCCC(Br)(CC)OCCCCCCO. The summed E-state index contributed by atoms with van der Waals surface area (Å²) in [7, 11) is 0. The van der Waals surface area contributed by atoms with Crippen molar-refractivity contribution in [2.75, 3.05) is 13.2 Å². The third-order valence-corrected chi connectivity index (χ3v) is 3.75. The van der Waals surface area contributed by atoms with E-state index < -0.39 is 0 Å². The number of aliphatic hydroxyl groups is 1. The molecule has 0 aromatic rings. The van der Waals surface area contributed by atoms with Gasteiger partial charge in [0.2, 0.25) is 0 Å². The minimum absolute atomic E-state index is 0.0985. The molecule has 0 rings (SSSR count). The molecule has 0 aromatic heterocycles. The summed E-state index contributed by atoms with van der Waals surface area (Å²) in [4.78, 5) is 0. The van der Waals surface area contributed by atoms with Gasteiger partial charge in [-0.05, 0) is 25.7 Å². The van der Waals surface area contributed by atoms with Crippen LogP contribution in [-0.4, -0.2) is 22.8 Å². The largest absolute Gasteiger partial charge is 0.396 e. The average Bonchev–Trinajstić information content (AvgIpc) is 2.24. The molecule has 92 valence electrons. The minimum atomic E-state index is -0.0985. The van der Waals surface area contributed by atoms with E-state index in [1.807, 2.05) is 0 Å². The molecule has 0 heterocycles. The molecule has 2 nitrogen and oxygen atoms in total. The molecule has 0 amide bonds. The van der Waals surface area contributed by atoms with Gasteiger partial charge in [0.05, 0.1) is 0 Å². The van der Waals surface area contributed by atoms with Crippen LogP contribution in [0.2, 0.25) is 0 Å². The zero-order chi connectivity index (χ0) is 11.6. The fourth-order valence-corrected chi connectivity index (χ4v) is 2.11. The summed E-state index contributed by atoms with van der Waals surface area (Å²) < 4.78 is 5.76. The Morgan fingerprint density at radius 1 is 1.13 bits per heavy atom. The Morgan fingerprint density at radius 3 is 2.33 bits per heavy atom. The number of aliphatic hydroxyl groups excluding tert-OH is 1. The summed E-state index contributed by atoms with van der Waals surface area (Å²) in [5, 5.41) is 8.62. The number of alkyl halides is 1. The lowest BCUT2D eigenvalue weighted by Crippen LogP contribution is -2.24. The highest BCUT2D eigenvalue weighted by Crippen LogP contribution is 2.29. The fourth-order valence-electron chi connectivity index (χ4n) is 1.55. The third-order valence-electron chi connectivity index (χ3n) is 2.56. The number of hydrogen-bond donors (Lipinski definition) is 1. The molecular formula is C12H25BrO2. The van der Waals surface area contributed by atoms with Crippen LogP contribution in [0.3, 0.4) is 0 Å². The quantitative estimate of drug-likeness (QED) is 0.487. The summed E-state index contributed by atoms with van der Waals surface area (Å²) in [5.74, 6) is 0. The Bertz CT molecular complexity index is 142. The molecule has 0 saturated heterocycles. The van der Waals surface area contributed by atoms with Crippen LogP contribution in [0.5, 0.6) is 0 Å². The third kappa shape index (κ3) is 8.23. The molecule has 0 aliphatic rings. The highest BCUT2D eigenvalue weighted by molar-refractivity contribution is 9.10. The number of rotatable bonds is 10. The van der Waals surface area contributed by atoms with E-state index in [1.54, 1.807) is 0 Å². The van der Waals surface area contributed by atoms with Crippen molar-refractivity contribution in [2.45, 2.75) is 63.3 Å². The standard InChI is InChI=1S/C12H25BrO2/c1-3-9-12(13,4-2)15-11-8-6-5-7-10-14/h14H,3-11H2,1-2H3. The van der Waals surface area contributed by atoms with Crippen molar-refractivity contribution in [3.05, 3.63) is 0 Å².